The molecule has 0 saturated carbocycles. The van der Waals surface area contributed by atoms with Crippen LogP contribution in [0.15, 0.2) is 30.3 Å². The van der Waals surface area contributed by atoms with E-state index in [1.54, 1.807) is 24.3 Å². The molecule has 0 saturated heterocycles. The van der Waals surface area contributed by atoms with Crippen molar-refractivity contribution in [2.45, 2.75) is 0 Å². The number of nitrogens with one attached hydrogen (secondary N) is 1. The number of hydrogen-bond donors (Lipinski definition) is 1. The van der Waals surface area contributed by atoms with Crippen molar-refractivity contribution in [3.63, 3.8) is 0 Å². The molecular weight excluding hydrogens is 166 g/mol. The highest BCUT2D eigenvalue weighted by Crippen LogP contribution is 2.05. The average Bonchev–Trinajstić information content (AvgIpc) is 2.06. The fourth-order valence-electron chi connectivity index (χ4n) is 0.659. The van der Waals surface area contributed by atoms with Crippen LogP contribution in [0.2, 0.25) is 0 Å². The second-order valence-electron chi connectivity index (χ2n) is 1.86. The van der Waals surface area contributed by atoms with Gasteiger partial charge in [0.05, 0.1) is 0 Å². The number of para-hydroxylation sites is 1. The van der Waals surface area contributed by atoms with Gasteiger partial charge in [0.15, 0.2) is 0 Å². The van der Waals surface area contributed by atoms with Crippen LogP contribution < -0.4 is 5.32 Å². The lowest BCUT2D eigenvalue weighted by molar-refractivity contribution is 0.219. The summed E-state index contributed by atoms with van der Waals surface area (Å²) < 4.78 is 3.88. The molecule has 58 valence electrons. The van der Waals surface area contributed by atoms with E-state index in [-0.39, 0.29) is 0 Å². The summed E-state index contributed by atoms with van der Waals surface area (Å²) in [5.74, 6) is 0. The number of anilines is 1. The maximum Gasteiger partial charge on any atom is 0.429 e. The second kappa shape index (κ2) is 3.83. The van der Waals surface area contributed by atoms with Crippen LogP contribution in [0.4, 0.5) is 10.5 Å². The number of carbonyl (C=O) groups excluding carboxylic acids is 1. The van der Waals surface area contributed by atoms with Gasteiger partial charge < -0.3 is 4.29 Å². The number of carbonyl (C=O) groups is 1. The van der Waals surface area contributed by atoms with Crippen LogP contribution in [0.3, 0.4) is 0 Å². The van der Waals surface area contributed by atoms with Crippen LogP contribution in [0.25, 0.3) is 0 Å². The largest absolute Gasteiger partial charge is 0.429 e. The summed E-state index contributed by atoms with van der Waals surface area (Å²) in [4.78, 5) is 10.5. The predicted molar refractivity (Wildman–Crippen MR) is 42.4 cm³/mol. The maximum atomic E-state index is 10.5. The summed E-state index contributed by atoms with van der Waals surface area (Å²) in [5, 5.41) is 2.40. The zero-order valence-electron chi connectivity index (χ0n) is 5.58. The van der Waals surface area contributed by atoms with Gasteiger partial charge in [-0.15, -0.1) is 0 Å². The SMILES string of the molecule is O=C(Nc1ccccc1)OCl. The van der Waals surface area contributed by atoms with Crippen molar-refractivity contribution in [1.29, 1.82) is 0 Å². The molecule has 1 N–H and O–H groups in total. The smallest absolute Gasteiger partial charge is 0.330 e. The molecule has 0 atom stereocenters. The molecule has 0 radical (unpaired) electrons. The molecule has 1 aromatic rings. The lowest BCUT2D eigenvalue weighted by atomic mass is 10.3. The van der Waals surface area contributed by atoms with Crippen molar-refractivity contribution in [2.75, 3.05) is 5.32 Å². The van der Waals surface area contributed by atoms with Gasteiger partial charge in [-0.3, -0.25) is 5.32 Å². The Kier molecular flexibility index (Phi) is 2.74. The molecule has 0 spiro atoms. The van der Waals surface area contributed by atoms with Gasteiger partial charge in [-0.2, -0.15) is 0 Å². The molecule has 0 aliphatic carbocycles. The third-order valence-electron chi connectivity index (χ3n) is 1.09. The Morgan fingerprint density at radius 3 is 2.55 bits per heavy atom. The van der Waals surface area contributed by atoms with Crippen molar-refractivity contribution in [3.05, 3.63) is 30.3 Å². The first-order valence-corrected chi connectivity index (χ1v) is 3.28. The van der Waals surface area contributed by atoms with E-state index < -0.39 is 6.09 Å². The lowest BCUT2D eigenvalue weighted by Crippen LogP contribution is -2.08. The van der Waals surface area contributed by atoms with Crippen LogP contribution in [-0.4, -0.2) is 6.09 Å². The fourth-order valence-corrected chi connectivity index (χ4v) is 0.697. The third kappa shape index (κ3) is 2.47. The number of rotatable bonds is 1. The molecule has 4 heteroatoms. The Morgan fingerprint density at radius 1 is 1.36 bits per heavy atom. The van der Waals surface area contributed by atoms with Crippen molar-refractivity contribution in [2.24, 2.45) is 0 Å². The van der Waals surface area contributed by atoms with Gasteiger partial charge in [0, 0.05) is 5.69 Å². The van der Waals surface area contributed by atoms with Crippen LogP contribution in [-0.2, 0) is 4.29 Å². The van der Waals surface area contributed by atoms with E-state index in [2.05, 4.69) is 9.61 Å². The van der Waals surface area contributed by atoms with Gasteiger partial charge in [-0.1, -0.05) is 18.2 Å². The highest BCUT2D eigenvalue weighted by molar-refractivity contribution is 6.14. The quantitative estimate of drug-likeness (QED) is 0.705. The average molecular weight is 172 g/mol. The Morgan fingerprint density at radius 2 is 2.00 bits per heavy atom. The van der Waals surface area contributed by atoms with E-state index in [0.29, 0.717) is 5.69 Å². The standard InChI is InChI=1S/C7H6ClNO2/c8-11-7(10)9-6-4-2-1-3-5-6/h1-5H,(H,9,10). The molecule has 0 unspecified atom stereocenters. The highest BCUT2D eigenvalue weighted by Gasteiger charge is 1.98. The molecule has 0 fully saturated rings. The third-order valence-corrected chi connectivity index (χ3v) is 1.23. The van der Waals surface area contributed by atoms with Gasteiger partial charge in [0.2, 0.25) is 0 Å². The highest BCUT2D eigenvalue weighted by atomic mass is 35.5. The maximum absolute atomic E-state index is 10.5. The molecule has 0 aromatic heterocycles. The van der Waals surface area contributed by atoms with Crippen molar-refractivity contribution < 1.29 is 9.08 Å². The normalized spacial score (nSPS) is 8.82. The monoisotopic (exact) mass is 171 g/mol. The molecule has 11 heavy (non-hydrogen) atoms. The summed E-state index contributed by atoms with van der Waals surface area (Å²) in [6, 6.07) is 8.90. The summed E-state index contributed by atoms with van der Waals surface area (Å²) in [5.41, 5.74) is 0.651. The van der Waals surface area contributed by atoms with Gasteiger partial charge in [-0.05, 0) is 12.1 Å². The number of benzene rings is 1. The Bertz CT molecular complexity index is 237. The topological polar surface area (TPSA) is 38.3 Å². The molecule has 1 aromatic carbocycles. The molecule has 3 nitrogen and oxygen atoms in total. The molecule has 1 rings (SSSR count). The molecule has 0 heterocycles. The molecule has 0 bridgehead atoms. The van der Waals surface area contributed by atoms with Crippen LogP contribution in [0, 0.1) is 0 Å². The Hall–Kier alpha value is -1.22. The summed E-state index contributed by atoms with van der Waals surface area (Å²) >= 11 is 4.79. The first kappa shape index (κ1) is 7.88. The van der Waals surface area contributed by atoms with Crippen LogP contribution in [0.5, 0.6) is 0 Å². The lowest BCUT2D eigenvalue weighted by Gasteiger charge is -1.99. The number of hydrogen-bond acceptors (Lipinski definition) is 2. The van der Waals surface area contributed by atoms with E-state index in [1.165, 1.54) is 0 Å². The van der Waals surface area contributed by atoms with Gasteiger partial charge in [0.25, 0.3) is 0 Å². The van der Waals surface area contributed by atoms with Crippen molar-refractivity contribution in [3.8, 4) is 0 Å². The molecular formula is C7H6ClNO2. The number of halogens is 1. The first-order valence-electron chi connectivity index (χ1n) is 2.97. The van der Waals surface area contributed by atoms with E-state index in [4.69, 9.17) is 11.9 Å². The van der Waals surface area contributed by atoms with Gasteiger partial charge >= 0.3 is 6.09 Å². The van der Waals surface area contributed by atoms with E-state index >= 15 is 0 Å². The van der Waals surface area contributed by atoms with Gasteiger partial charge in [0.1, 0.15) is 11.9 Å². The van der Waals surface area contributed by atoms with E-state index in [9.17, 15) is 4.79 Å². The summed E-state index contributed by atoms with van der Waals surface area (Å²) in [6.07, 6.45) is -0.683. The van der Waals surface area contributed by atoms with Gasteiger partial charge in [-0.25, -0.2) is 4.79 Å². The van der Waals surface area contributed by atoms with Crippen LogP contribution in [0.1, 0.15) is 0 Å². The minimum absolute atomic E-state index is 0.651. The van der Waals surface area contributed by atoms with E-state index in [0.717, 1.165) is 0 Å². The van der Waals surface area contributed by atoms with Crippen molar-refractivity contribution in [1.82, 2.24) is 0 Å². The van der Waals surface area contributed by atoms with E-state index in [1.807, 2.05) is 6.07 Å². The summed E-state index contributed by atoms with van der Waals surface area (Å²) in [7, 11) is 0. The minimum atomic E-state index is -0.683. The molecule has 0 aliphatic rings. The Labute approximate surface area is 69.1 Å². The first-order chi connectivity index (χ1) is 5.33. The molecule has 0 aliphatic heterocycles. The number of amides is 1. The van der Waals surface area contributed by atoms with Crippen molar-refractivity contribution >= 4 is 23.6 Å². The summed E-state index contributed by atoms with van der Waals surface area (Å²) in [6.45, 7) is 0. The molecule has 1 amide bonds. The van der Waals surface area contributed by atoms with Crippen LogP contribution >= 0.6 is 11.9 Å². The zero-order chi connectivity index (χ0) is 8.10. The Balaban J connectivity index is 2.58. The second-order valence-corrected chi connectivity index (χ2v) is 2.01. The predicted octanol–water partition coefficient (Wildman–Crippen LogP) is 2.39. The zero-order valence-corrected chi connectivity index (χ0v) is 6.34. The fraction of sp³-hybridized carbons (Fsp3) is 0. The minimum Gasteiger partial charge on any atom is -0.330 e.